The molecule has 0 atom stereocenters. The molecule has 0 bridgehead atoms. The summed E-state index contributed by atoms with van der Waals surface area (Å²) in [6, 6.07) is 8.21. The molecule has 1 N–H and O–H groups in total. The van der Waals surface area contributed by atoms with Crippen LogP contribution in [0.2, 0.25) is 0 Å². The molecule has 1 aromatic heterocycles. The summed E-state index contributed by atoms with van der Waals surface area (Å²) in [7, 11) is 0. The molecular formula is C19H26N4O2. The number of rotatable bonds is 5. The van der Waals surface area contributed by atoms with Gasteiger partial charge in [0.25, 0.3) is 0 Å². The molecule has 134 valence electrons. The van der Waals surface area contributed by atoms with Gasteiger partial charge in [0.2, 0.25) is 17.6 Å². The summed E-state index contributed by atoms with van der Waals surface area (Å²) in [5.41, 5.74) is 2.22. The summed E-state index contributed by atoms with van der Waals surface area (Å²) in [5, 5.41) is 7.35. The van der Waals surface area contributed by atoms with Crippen LogP contribution in [-0.2, 0) is 11.2 Å². The number of carbonyl (C=O) groups excluding carboxylic acids is 1. The number of amides is 1. The second-order valence-corrected chi connectivity index (χ2v) is 6.77. The molecule has 1 fully saturated rings. The van der Waals surface area contributed by atoms with Crippen molar-refractivity contribution in [2.75, 3.05) is 26.2 Å². The van der Waals surface area contributed by atoms with Gasteiger partial charge >= 0.3 is 0 Å². The quantitative estimate of drug-likeness (QED) is 0.904. The lowest BCUT2D eigenvalue weighted by atomic mass is 10.0. The van der Waals surface area contributed by atoms with Crippen molar-refractivity contribution in [3.63, 3.8) is 0 Å². The number of nitrogens with one attached hydrogen (secondary N) is 1. The van der Waals surface area contributed by atoms with Crippen molar-refractivity contribution < 1.29 is 9.32 Å². The summed E-state index contributed by atoms with van der Waals surface area (Å²) < 4.78 is 5.31. The van der Waals surface area contributed by atoms with E-state index in [2.05, 4.69) is 41.4 Å². The molecule has 1 aliphatic rings. The summed E-state index contributed by atoms with van der Waals surface area (Å²) in [6.07, 6.45) is 1.90. The van der Waals surface area contributed by atoms with Crippen molar-refractivity contribution in [1.29, 1.82) is 0 Å². The molecule has 2 heterocycles. The summed E-state index contributed by atoms with van der Waals surface area (Å²) in [6.45, 7) is 7.77. The molecule has 3 rings (SSSR count). The molecule has 2 aromatic rings. The average Bonchev–Trinajstić information content (AvgIpc) is 2.93. The monoisotopic (exact) mass is 342 g/mol. The minimum absolute atomic E-state index is 0.157. The summed E-state index contributed by atoms with van der Waals surface area (Å²) >= 11 is 0. The predicted molar refractivity (Wildman–Crippen MR) is 96.2 cm³/mol. The first-order valence-electron chi connectivity index (χ1n) is 9.05. The number of carbonyl (C=O) groups is 1. The highest BCUT2D eigenvalue weighted by Crippen LogP contribution is 2.20. The van der Waals surface area contributed by atoms with Crippen LogP contribution in [0.25, 0.3) is 11.4 Å². The van der Waals surface area contributed by atoms with Crippen LogP contribution < -0.4 is 5.32 Å². The van der Waals surface area contributed by atoms with E-state index in [9.17, 15) is 4.79 Å². The largest absolute Gasteiger partial charge is 0.341 e. The molecule has 0 radical (unpaired) electrons. The van der Waals surface area contributed by atoms with Gasteiger partial charge in [0.1, 0.15) is 0 Å². The Morgan fingerprint density at radius 3 is 2.80 bits per heavy atom. The first-order chi connectivity index (χ1) is 12.1. The molecule has 25 heavy (non-hydrogen) atoms. The van der Waals surface area contributed by atoms with Gasteiger partial charge in [0.05, 0.1) is 0 Å². The van der Waals surface area contributed by atoms with E-state index >= 15 is 0 Å². The smallest absolute Gasteiger partial charge is 0.227 e. The lowest BCUT2D eigenvalue weighted by Gasteiger charge is -2.19. The maximum absolute atomic E-state index is 12.3. The van der Waals surface area contributed by atoms with Gasteiger partial charge in [-0.05, 0) is 24.4 Å². The molecule has 1 saturated heterocycles. The van der Waals surface area contributed by atoms with Crippen LogP contribution in [0, 0.1) is 0 Å². The number of benzene rings is 1. The Kier molecular flexibility index (Phi) is 5.81. The second-order valence-electron chi connectivity index (χ2n) is 6.77. The SMILES string of the molecule is CC(C)c1ccc(-c2noc(CCC(=O)N3CCCNCC3)n2)cc1. The van der Waals surface area contributed by atoms with Crippen molar-refractivity contribution in [3.8, 4) is 11.4 Å². The Morgan fingerprint density at radius 2 is 2.04 bits per heavy atom. The topological polar surface area (TPSA) is 71.3 Å². The van der Waals surface area contributed by atoms with Crippen LogP contribution in [0.5, 0.6) is 0 Å². The Labute approximate surface area is 148 Å². The van der Waals surface area contributed by atoms with Gasteiger partial charge in [0, 0.05) is 38.0 Å². The van der Waals surface area contributed by atoms with E-state index in [0.717, 1.165) is 38.2 Å². The highest BCUT2D eigenvalue weighted by molar-refractivity contribution is 5.76. The highest BCUT2D eigenvalue weighted by Gasteiger charge is 2.17. The van der Waals surface area contributed by atoms with Crippen LogP contribution in [0.1, 0.15) is 44.1 Å². The fourth-order valence-electron chi connectivity index (χ4n) is 2.96. The predicted octanol–water partition coefficient (Wildman–Crippen LogP) is 2.61. The third-order valence-electron chi connectivity index (χ3n) is 4.55. The van der Waals surface area contributed by atoms with Crippen molar-refractivity contribution >= 4 is 5.91 Å². The zero-order valence-corrected chi connectivity index (χ0v) is 15.0. The number of aryl methyl sites for hydroxylation is 1. The number of nitrogens with zero attached hydrogens (tertiary/aromatic N) is 3. The normalized spacial score (nSPS) is 15.4. The Morgan fingerprint density at radius 1 is 1.24 bits per heavy atom. The zero-order valence-electron chi connectivity index (χ0n) is 15.0. The number of hydrogen-bond acceptors (Lipinski definition) is 5. The molecule has 1 aromatic carbocycles. The van der Waals surface area contributed by atoms with E-state index in [1.54, 1.807) is 0 Å². The molecule has 6 nitrogen and oxygen atoms in total. The van der Waals surface area contributed by atoms with Crippen LogP contribution in [0.3, 0.4) is 0 Å². The fourth-order valence-corrected chi connectivity index (χ4v) is 2.96. The van der Waals surface area contributed by atoms with E-state index in [0.29, 0.717) is 30.5 Å². The molecule has 6 heteroatoms. The van der Waals surface area contributed by atoms with Gasteiger partial charge in [-0.1, -0.05) is 43.3 Å². The second kappa shape index (κ2) is 8.25. The summed E-state index contributed by atoms with van der Waals surface area (Å²) in [5.74, 6) is 1.75. The van der Waals surface area contributed by atoms with E-state index < -0.39 is 0 Å². The zero-order chi connectivity index (χ0) is 17.6. The van der Waals surface area contributed by atoms with Crippen molar-refractivity contribution in [2.24, 2.45) is 0 Å². The van der Waals surface area contributed by atoms with Gasteiger partial charge in [-0.3, -0.25) is 4.79 Å². The number of hydrogen-bond donors (Lipinski definition) is 1. The van der Waals surface area contributed by atoms with E-state index in [1.165, 1.54) is 5.56 Å². The lowest BCUT2D eigenvalue weighted by Crippen LogP contribution is -2.34. The van der Waals surface area contributed by atoms with E-state index in [-0.39, 0.29) is 5.91 Å². The van der Waals surface area contributed by atoms with Crippen LogP contribution in [-0.4, -0.2) is 47.1 Å². The minimum atomic E-state index is 0.157. The third kappa shape index (κ3) is 4.66. The standard InChI is InChI=1S/C19H26N4O2/c1-14(2)15-4-6-16(7-5-15)19-21-17(25-22-19)8-9-18(24)23-12-3-10-20-11-13-23/h4-7,14,20H,3,8-13H2,1-2H3. The summed E-state index contributed by atoms with van der Waals surface area (Å²) in [4.78, 5) is 18.7. The van der Waals surface area contributed by atoms with Gasteiger partial charge in [-0.2, -0.15) is 4.98 Å². The minimum Gasteiger partial charge on any atom is -0.341 e. The van der Waals surface area contributed by atoms with Gasteiger partial charge in [-0.25, -0.2) is 0 Å². The average molecular weight is 342 g/mol. The van der Waals surface area contributed by atoms with Crippen LogP contribution in [0.4, 0.5) is 0 Å². The maximum Gasteiger partial charge on any atom is 0.227 e. The van der Waals surface area contributed by atoms with E-state index in [1.807, 2.05) is 17.0 Å². The van der Waals surface area contributed by atoms with Crippen LogP contribution >= 0.6 is 0 Å². The van der Waals surface area contributed by atoms with Crippen molar-refractivity contribution in [1.82, 2.24) is 20.4 Å². The molecule has 0 saturated carbocycles. The molecule has 0 aliphatic carbocycles. The Hall–Kier alpha value is -2.21. The molecule has 1 aliphatic heterocycles. The number of aromatic nitrogens is 2. The molecule has 0 spiro atoms. The Balaban J connectivity index is 1.57. The van der Waals surface area contributed by atoms with Gasteiger partial charge < -0.3 is 14.7 Å². The van der Waals surface area contributed by atoms with Crippen LogP contribution in [0.15, 0.2) is 28.8 Å². The van der Waals surface area contributed by atoms with Crippen molar-refractivity contribution in [2.45, 2.75) is 39.0 Å². The lowest BCUT2D eigenvalue weighted by molar-refractivity contribution is -0.131. The maximum atomic E-state index is 12.3. The Bertz CT molecular complexity index is 686. The van der Waals surface area contributed by atoms with Crippen molar-refractivity contribution in [3.05, 3.63) is 35.7 Å². The third-order valence-corrected chi connectivity index (χ3v) is 4.55. The molecule has 1 amide bonds. The first-order valence-corrected chi connectivity index (χ1v) is 9.05. The molecule has 0 unspecified atom stereocenters. The van der Waals surface area contributed by atoms with Gasteiger partial charge in [-0.15, -0.1) is 0 Å². The van der Waals surface area contributed by atoms with Gasteiger partial charge in [0.15, 0.2) is 0 Å². The highest BCUT2D eigenvalue weighted by atomic mass is 16.5. The van der Waals surface area contributed by atoms with E-state index in [4.69, 9.17) is 4.52 Å². The first kappa shape index (κ1) is 17.6. The molecular weight excluding hydrogens is 316 g/mol. The fraction of sp³-hybridized carbons (Fsp3) is 0.526.